The van der Waals surface area contributed by atoms with Crippen molar-refractivity contribution in [3.05, 3.63) is 48.6 Å². The van der Waals surface area contributed by atoms with Gasteiger partial charge >= 0.3 is 5.97 Å². The lowest BCUT2D eigenvalue weighted by Crippen LogP contribution is -2.46. The van der Waals surface area contributed by atoms with E-state index in [4.69, 9.17) is 4.74 Å². The van der Waals surface area contributed by atoms with Crippen LogP contribution in [0.4, 0.5) is 0 Å². The number of carbonyl (C=O) groups excluding carboxylic acids is 2. The Morgan fingerprint density at radius 2 is 0.836 bits per heavy atom. The van der Waals surface area contributed by atoms with Crippen molar-refractivity contribution in [3.63, 3.8) is 0 Å². The molecule has 0 aromatic carbocycles. The number of amides is 1. The minimum atomic E-state index is -0.795. The highest BCUT2D eigenvalue weighted by atomic mass is 16.5. The van der Waals surface area contributed by atoms with Gasteiger partial charge < -0.3 is 20.3 Å². The van der Waals surface area contributed by atoms with Crippen LogP contribution in [0.3, 0.4) is 0 Å². The van der Waals surface area contributed by atoms with Crippen molar-refractivity contribution in [2.24, 2.45) is 0 Å². The van der Waals surface area contributed by atoms with E-state index in [1.807, 2.05) is 0 Å². The third-order valence-electron chi connectivity index (χ3n) is 11.9. The van der Waals surface area contributed by atoms with Gasteiger partial charge in [-0.25, -0.2) is 0 Å². The van der Waals surface area contributed by atoms with E-state index in [-0.39, 0.29) is 24.9 Å². The summed E-state index contributed by atoms with van der Waals surface area (Å²) in [6, 6.07) is -0.710. The minimum Gasteiger partial charge on any atom is -0.462 e. The molecule has 0 fully saturated rings. The van der Waals surface area contributed by atoms with Crippen molar-refractivity contribution in [2.45, 2.75) is 283 Å². The first-order valence-corrected chi connectivity index (χ1v) is 26.4. The summed E-state index contributed by atoms with van der Waals surface area (Å²) in [5.74, 6) is -0.511. The molecular formula is C55H101NO5. The SMILES string of the molecule is CCCCC/C=C\C/C=C\C/C=C\CCCCCCC(=O)OC(CCCCC/C=C\CCCCC)CC(=O)NC(CO)C(O)CCCCCCCCCCCCCCCCC. The standard InChI is InChI=1S/C55H101NO5/c1-4-7-10-13-16-19-22-24-26-27-29-31-33-36-39-42-45-48-55(60)61-51(46-43-40-37-34-21-18-15-12-9-6-3)49-54(59)56-52(50-57)53(58)47-44-41-38-35-32-30-28-25-23-20-17-14-11-8-5-2/h16,18-19,21,24,26,29,31,51-53,57-58H,4-15,17,20,22-23,25,27-28,30,32-50H2,1-3H3,(H,56,59)/b19-16-,21-18-,26-24-,31-29-. The predicted molar refractivity (Wildman–Crippen MR) is 264 cm³/mol. The van der Waals surface area contributed by atoms with Gasteiger partial charge in [-0.3, -0.25) is 9.59 Å². The highest BCUT2D eigenvalue weighted by Crippen LogP contribution is 2.17. The largest absolute Gasteiger partial charge is 0.462 e. The Morgan fingerprint density at radius 1 is 0.475 bits per heavy atom. The molecule has 3 unspecified atom stereocenters. The summed E-state index contributed by atoms with van der Waals surface area (Å²) in [5, 5.41) is 23.8. The first kappa shape index (κ1) is 58.8. The molecule has 356 valence electrons. The lowest BCUT2D eigenvalue weighted by atomic mass is 10.0. The highest BCUT2D eigenvalue weighted by Gasteiger charge is 2.24. The molecule has 0 bridgehead atoms. The fourth-order valence-corrected chi connectivity index (χ4v) is 7.84. The minimum absolute atomic E-state index is 0.0581. The van der Waals surface area contributed by atoms with Crippen LogP contribution in [0.1, 0.15) is 265 Å². The Kier molecular flexibility index (Phi) is 47.1. The van der Waals surface area contributed by atoms with E-state index >= 15 is 0 Å². The average Bonchev–Trinajstić information content (AvgIpc) is 3.25. The fourth-order valence-electron chi connectivity index (χ4n) is 7.84. The van der Waals surface area contributed by atoms with Gasteiger partial charge in [-0.15, -0.1) is 0 Å². The molecule has 0 saturated carbocycles. The molecule has 0 spiro atoms. The van der Waals surface area contributed by atoms with Gasteiger partial charge in [0.2, 0.25) is 5.91 Å². The molecule has 6 heteroatoms. The molecule has 0 radical (unpaired) electrons. The number of aliphatic hydroxyl groups excluding tert-OH is 2. The zero-order valence-corrected chi connectivity index (χ0v) is 40.5. The van der Waals surface area contributed by atoms with E-state index in [1.54, 1.807) is 0 Å². The van der Waals surface area contributed by atoms with Crippen molar-refractivity contribution in [1.29, 1.82) is 0 Å². The van der Waals surface area contributed by atoms with Crippen LogP contribution in [0.5, 0.6) is 0 Å². The summed E-state index contributed by atoms with van der Waals surface area (Å²) in [7, 11) is 0. The predicted octanol–water partition coefficient (Wildman–Crippen LogP) is 15.8. The molecule has 1 amide bonds. The monoisotopic (exact) mass is 856 g/mol. The maximum atomic E-state index is 13.2. The topological polar surface area (TPSA) is 95.9 Å². The summed E-state index contributed by atoms with van der Waals surface area (Å²) in [6.45, 7) is 6.43. The molecule has 3 atom stereocenters. The molecule has 0 aromatic heterocycles. The molecule has 6 nitrogen and oxygen atoms in total. The molecule has 0 rings (SSSR count). The third-order valence-corrected chi connectivity index (χ3v) is 11.9. The van der Waals surface area contributed by atoms with Crippen LogP contribution in [-0.2, 0) is 14.3 Å². The van der Waals surface area contributed by atoms with Gasteiger partial charge in [0.15, 0.2) is 0 Å². The number of hydrogen-bond donors (Lipinski definition) is 3. The summed E-state index contributed by atoms with van der Waals surface area (Å²) in [5.41, 5.74) is 0. The van der Waals surface area contributed by atoms with Crippen molar-refractivity contribution in [1.82, 2.24) is 5.32 Å². The Hall–Kier alpha value is -2.18. The highest BCUT2D eigenvalue weighted by molar-refractivity contribution is 5.77. The molecule has 0 aromatic rings. The van der Waals surface area contributed by atoms with Gasteiger partial charge in [-0.05, 0) is 89.9 Å². The van der Waals surface area contributed by atoms with Crippen LogP contribution < -0.4 is 5.32 Å². The molecule has 0 aliphatic carbocycles. The quantitative estimate of drug-likeness (QED) is 0.0322. The van der Waals surface area contributed by atoms with Crippen LogP contribution in [0.25, 0.3) is 0 Å². The van der Waals surface area contributed by atoms with Gasteiger partial charge in [0.1, 0.15) is 6.10 Å². The van der Waals surface area contributed by atoms with Gasteiger partial charge in [-0.1, -0.05) is 211 Å². The number of carbonyl (C=O) groups is 2. The number of unbranched alkanes of at least 4 members (excludes halogenated alkanes) is 27. The molecule has 61 heavy (non-hydrogen) atoms. The second-order valence-electron chi connectivity index (χ2n) is 17.9. The van der Waals surface area contributed by atoms with Crippen LogP contribution in [0.2, 0.25) is 0 Å². The summed E-state index contributed by atoms with van der Waals surface area (Å²) in [4.78, 5) is 26.1. The smallest absolute Gasteiger partial charge is 0.306 e. The summed E-state index contributed by atoms with van der Waals surface area (Å²) < 4.78 is 5.91. The van der Waals surface area contributed by atoms with Crippen LogP contribution >= 0.6 is 0 Å². The molecule has 3 N–H and O–H groups in total. The summed E-state index contributed by atoms with van der Waals surface area (Å²) in [6.07, 6.45) is 58.8. The second kappa shape index (κ2) is 48.8. The van der Waals surface area contributed by atoms with E-state index in [2.05, 4.69) is 74.7 Å². The molecule has 0 aliphatic heterocycles. The molecular weight excluding hydrogens is 755 g/mol. The van der Waals surface area contributed by atoms with Crippen molar-refractivity contribution < 1.29 is 24.5 Å². The first-order valence-electron chi connectivity index (χ1n) is 26.4. The lowest BCUT2D eigenvalue weighted by Gasteiger charge is -2.24. The number of allylic oxidation sites excluding steroid dienone is 8. The lowest BCUT2D eigenvalue weighted by molar-refractivity contribution is -0.151. The van der Waals surface area contributed by atoms with E-state index < -0.39 is 18.2 Å². The van der Waals surface area contributed by atoms with Crippen LogP contribution in [0.15, 0.2) is 48.6 Å². The zero-order valence-electron chi connectivity index (χ0n) is 40.5. The number of rotatable bonds is 47. The first-order chi connectivity index (χ1) is 30.0. The Bertz CT molecular complexity index is 1050. The van der Waals surface area contributed by atoms with Crippen molar-refractivity contribution in [2.75, 3.05) is 6.61 Å². The molecule has 0 aliphatic rings. The van der Waals surface area contributed by atoms with Gasteiger partial charge in [0, 0.05) is 6.42 Å². The fraction of sp³-hybridized carbons (Fsp3) is 0.818. The number of esters is 1. The maximum absolute atomic E-state index is 13.2. The average molecular weight is 856 g/mol. The molecule has 0 heterocycles. The Labute approximate surface area is 378 Å². The van der Waals surface area contributed by atoms with Crippen LogP contribution in [0, 0.1) is 0 Å². The normalized spacial score (nSPS) is 13.6. The Morgan fingerprint density at radius 3 is 1.33 bits per heavy atom. The second-order valence-corrected chi connectivity index (χ2v) is 17.9. The van der Waals surface area contributed by atoms with E-state index in [0.29, 0.717) is 19.3 Å². The Balaban J connectivity index is 4.52. The summed E-state index contributed by atoms with van der Waals surface area (Å²) >= 11 is 0. The van der Waals surface area contributed by atoms with E-state index in [9.17, 15) is 19.8 Å². The van der Waals surface area contributed by atoms with Crippen molar-refractivity contribution >= 4 is 11.9 Å². The zero-order chi connectivity index (χ0) is 44.5. The number of hydrogen-bond acceptors (Lipinski definition) is 5. The van der Waals surface area contributed by atoms with Gasteiger partial charge in [0.05, 0.1) is 25.2 Å². The maximum Gasteiger partial charge on any atom is 0.306 e. The van der Waals surface area contributed by atoms with E-state index in [1.165, 1.54) is 122 Å². The number of nitrogens with one attached hydrogen (secondary N) is 1. The molecule has 0 saturated heterocycles. The van der Waals surface area contributed by atoms with Crippen LogP contribution in [-0.4, -0.2) is 46.9 Å². The number of aliphatic hydroxyl groups is 2. The van der Waals surface area contributed by atoms with Gasteiger partial charge in [-0.2, -0.15) is 0 Å². The number of ether oxygens (including phenoxy) is 1. The third kappa shape index (κ3) is 44.2. The van der Waals surface area contributed by atoms with E-state index in [0.717, 1.165) is 96.3 Å². The van der Waals surface area contributed by atoms with Gasteiger partial charge in [0.25, 0.3) is 0 Å². The van der Waals surface area contributed by atoms with Crippen molar-refractivity contribution in [3.8, 4) is 0 Å².